The van der Waals surface area contributed by atoms with Crippen molar-refractivity contribution in [2.24, 2.45) is 0 Å². The molecular formula is C21H14N4O4. The minimum atomic E-state index is -0.990. The summed E-state index contributed by atoms with van der Waals surface area (Å²) < 4.78 is 0. The van der Waals surface area contributed by atoms with Crippen LogP contribution in [0.25, 0.3) is 33.6 Å². The number of H-pyrrole nitrogens is 1. The molecule has 8 nitrogen and oxygen atoms in total. The van der Waals surface area contributed by atoms with E-state index in [0.717, 1.165) is 27.8 Å². The third kappa shape index (κ3) is 3.72. The van der Waals surface area contributed by atoms with Gasteiger partial charge in [-0.1, -0.05) is 24.3 Å². The molecule has 0 aliphatic heterocycles. The highest BCUT2D eigenvalue weighted by Crippen LogP contribution is 2.31. The first-order valence-electron chi connectivity index (χ1n) is 8.57. The molecular weight excluding hydrogens is 372 g/mol. The molecule has 0 amide bonds. The lowest BCUT2D eigenvalue weighted by atomic mass is 9.95. The Bertz CT molecular complexity index is 1110. The van der Waals surface area contributed by atoms with Gasteiger partial charge in [0.15, 0.2) is 0 Å². The molecule has 0 bridgehead atoms. The molecule has 4 rings (SSSR count). The Kier molecular flexibility index (Phi) is 4.58. The molecule has 4 aromatic rings. The minimum Gasteiger partial charge on any atom is -0.478 e. The smallest absolute Gasteiger partial charge is 0.335 e. The molecule has 3 N–H and O–H groups in total. The predicted molar refractivity (Wildman–Crippen MR) is 104 cm³/mol. The predicted octanol–water partition coefficient (Wildman–Crippen LogP) is 3.60. The van der Waals surface area contributed by atoms with E-state index < -0.39 is 11.9 Å². The first-order valence-corrected chi connectivity index (χ1v) is 8.57. The van der Waals surface area contributed by atoms with Gasteiger partial charge in [-0.3, -0.25) is 0 Å². The average Bonchev–Trinajstić information content (AvgIpc) is 3.28. The number of aromatic amines is 1. The molecule has 0 fully saturated rings. The minimum absolute atomic E-state index is 0.201. The Hall–Kier alpha value is -4.33. The third-order valence-electron chi connectivity index (χ3n) is 4.47. The maximum Gasteiger partial charge on any atom is 0.335 e. The summed E-state index contributed by atoms with van der Waals surface area (Å²) in [6.07, 6.45) is 0. The van der Waals surface area contributed by atoms with E-state index in [1.807, 2.05) is 18.2 Å². The molecule has 142 valence electrons. The van der Waals surface area contributed by atoms with Crippen molar-refractivity contribution in [2.75, 3.05) is 0 Å². The van der Waals surface area contributed by atoms with Gasteiger partial charge in [-0.15, -0.1) is 10.2 Å². The number of tetrazole rings is 1. The molecule has 1 heterocycles. The molecule has 0 atom stereocenters. The Balaban J connectivity index is 1.83. The van der Waals surface area contributed by atoms with Gasteiger partial charge in [0.05, 0.1) is 11.1 Å². The molecule has 0 radical (unpaired) electrons. The fraction of sp³-hybridized carbons (Fsp3) is 0. The number of rotatable bonds is 5. The van der Waals surface area contributed by atoms with Crippen molar-refractivity contribution in [3.05, 3.63) is 77.9 Å². The Morgan fingerprint density at radius 3 is 1.48 bits per heavy atom. The van der Waals surface area contributed by atoms with Crippen LogP contribution in [0.3, 0.4) is 0 Å². The summed E-state index contributed by atoms with van der Waals surface area (Å²) in [5.41, 5.74) is 4.44. The summed E-state index contributed by atoms with van der Waals surface area (Å²) in [5.74, 6) is -1.56. The van der Waals surface area contributed by atoms with Crippen LogP contribution in [0.15, 0.2) is 66.7 Å². The van der Waals surface area contributed by atoms with Gasteiger partial charge in [-0.2, -0.15) is 5.21 Å². The number of aromatic carboxylic acids is 2. The number of hydrogen-bond donors (Lipinski definition) is 3. The summed E-state index contributed by atoms with van der Waals surface area (Å²) in [5, 5.41) is 32.3. The third-order valence-corrected chi connectivity index (χ3v) is 4.47. The average molecular weight is 386 g/mol. The molecule has 0 spiro atoms. The van der Waals surface area contributed by atoms with Gasteiger partial charge in [0.1, 0.15) is 0 Å². The zero-order chi connectivity index (χ0) is 20.4. The number of hydrogen-bond acceptors (Lipinski definition) is 5. The van der Waals surface area contributed by atoms with Crippen molar-refractivity contribution in [1.29, 1.82) is 0 Å². The number of nitrogens with one attached hydrogen (secondary N) is 1. The number of aromatic nitrogens is 4. The van der Waals surface area contributed by atoms with Crippen molar-refractivity contribution in [3.63, 3.8) is 0 Å². The molecule has 0 saturated carbocycles. The molecule has 8 heteroatoms. The highest BCUT2D eigenvalue weighted by molar-refractivity contribution is 5.90. The molecule has 0 unspecified atom stereocenters. The van der Waals surface area contributed by atoms with Gasteiger partial charge in [0.25, 0.3) is 0 Å². The first kappa shape index (κ1) is 18.1. The quantitative estimate of drug-likeness (QED) is 0.478. The molecule has 0 aliphatic carbocycles. The molecule has 0 aliphatic rings. The SMILES string of the molecule is O=C(O)c1ccc(-c2cc(-c3ccc(C(=O)O)cc3)cc(-c3nn[nH]n3)c2)cc1. The van der Waals surface area contributed by atoms with Crippen molar-refractivity contribution in [2.45, 2.75) is 0 Å². The van der Waals surface area contributed by atoms with Crippen molar-refractivity contribution < 1.29 is 19.8 Å². The van der Waals surface area contributed by atoms with E-state index in [1.54, 1.807) is 48.5 Å². The summed E-state index contributed by atoms with van der Waals surface area (Å²) in [4.78, 5) is 22.2. The number of carboxylic acid groups (broad SMARTS) is 2. The summed E-state index contributed by atoms with van der Waals surface area (Å²) in [6.45, 7) is 0. The van der Waals surface area contributed by atoms with Crippen LogP contribution in [0.4, 0.5) is 0 Å². The summed E-state index contributed by atoms with van der Waals surface area (Å²) in [6, 6.07) is 18.8. The molecule has 29 heavy (non-hydrogen) atoms. The van der Waals surface area contributed by atoms with Crippen LogP contribution < -0.4 is 0 Å². The number of carbonyl (C=O) groups is 2. The van der Waals surface area contributed by atoms with E-state index in [2.05, 4.69) is 20.6 Å². The van der Waals surface area contributed by atoms with Gasteiger partial charge in [-0.25, -0.2) is 9.59 Å². The van der Waals surface area contributed by atoms with E-state index in [9.17, 15) is 9.59 Å². The number of carboxylic acids is 2. The zero-order valence-electron chi connectivity index (χ0n) is 14.9. The topological polar surface area (TPSA) is 129 Å². The van der Waals surface area contributed by atoms with Crippen LogP contribution in [0.1, 0.15) is 20.7 Å². The standard InChI is InChI=1S/C21H14N4O4/c26-20(27)14-5-1-12(2-6-14)16-9-17(11-18(10-16)19-22-24-25-23-19)13-3-7-15(8-4-13)21(28)29/h1-11H,(H,26,27)(H,28,29)(H,22,23,24,25). The second-order valence-corrected chi connectivity index (χ2v) is 6.30. The van der Waals surface area contributed by atoms with Crippen molar-refractivity contribution >= 4 is 11.9 Å². The van der Waals surface area contributed by atoms with Crippen LogP contribution >= 0.6 is 0 Å². The van der Waals surface area contributed by atoms with Crippen LogP contribution in [0.5, 0.6) is 0 Å². The molecule has 3 aromatic carbocycles. The first-order chi connectivity index (χ1) is 14.0. The second kappa shape index (κ2) is 7.35. The van der Waals surface area contributed by atoms with Crippen LogP contribution in [0.2, 0.25) is 0 Å². The lowest BCUT2D eigenvalue weighted by molar-refractivity contribution is 0.0686. The van der Waals surface area contributed by atoms with Gasteiger partial charge in [-0.05, 0) is 69.9 Å². The summed E-state index contributed by atoms with van der Waals surface area (Å²) >= 11 is 0. The number of benzene rings is 3. The van der Waals surface area contributed by atoms with Crippen molar-refractivity contribution in [1.82, 2.24) is 20.6 Å². The monoisotopic (exact) mass is 386 g/mol. The van der Waals surface area contributed by atoms with Gasteiger partial charge >= 0.3 is 11.9 Å². The van der Waals surface area contributed by atoms with Gasteiger partial charge in [0.2, 0.25) is 5.82 Å². The second-order valence-electron chi connectivity index (χ2n) is 6.30. The largest absolute Gasteiger partial charge is 0.478 e. The van der Waals surface area contributed by atoms with E-state index in [1.165, 1.54) is 0 Å². The van der Waals surface area contributed by atoms with E-state index in [0.29, 0.717) is 5.82 Å². The van der Waals surface area contributed by atoms with Crippen LogP contribution in [0, 0.1) is 0 Å². The molecule has 0 saturated heterocycles. The normalized spacial score (nSPS) is 10.6. The lowest BCUT2D eigenvalue weighted by Gasteiger charge is -2.10. The Labute approximate surface area is 164 Å². The Morgan fingerprint density at radius 2 is 1.10 bits per heavy atom. The molecule has 1 aromatic heterocycles. The van der Waals surface area contributed by atoms with E-state index in [4.69, 9.17) is 10.2 Å². The van der Waals surface area contributed by atoms with E-state index >= 15 is 0 Å². The van der Waals surface area contributed by atoms with E-state index in [-0.39, 0.29) is 11.1 Å². The number of nitrogens with zero attached hydrogens (tertiary/aromatic N) is 3. The maximum absolute atomic E-state index is 11.1. The van der Waals surface area contributed by atoms with Crippen LogP contribution in [-0.4, -0.2) is 42.8 Å². The maximum atomic E-state index is 11.1. The van der Waals surface area contributed by atoms with Gasteiger partial charge < -0.3 is 10.2 Å². The fourth-order valence-corrected chi connectivity index (χ4v) is 2.98. The highest BCUT2D eigenvalue weighted by atomic mass is 16.4. The highest BCUT2D eigenvalue weighted by Gasteiger charge is 2.11. The zero-order valence-corrected chi connectivity index (χ0v) is 14.9. The van der Waals surface area contributed by atoms with Gasteiger partial charge in [0, 0.05) is 5.56 Å². The lowest BCUT2D eigenvalue weighted by Crippen LogP contribution is -1.96. The summed E-state index contributed by atoms with van der Waals surface area (Å²) in [7, 11) is 0. The van der Waals surface area contributed by atoms with Crippen LogP contribution in [-0.2, 0) is 0 Å². The van der Waals surface area contributed by atoms with Crippen molar-refractivity contribution in [3.8, 4) is 33.6 Å². The fourth-order valence-electron chi connectivity index (χ4n) is 2.98. The Morgan fingerprint density at radius 1 is 0.655 bits per heavy atom.